The molecule has 0 aliphatic carbocycles. The van der Waals surface area contributed by atoms with Gasteiger partial charge in [0.15, 0.2) is 0 Å². The van der Waals surface area contributed by atoms with Gasteiger partial charge in [0.25, 0.3) is 0 Å². The van der Waals surface area contributed by atoms with E-state index in [1.54, 1.807) is 6.20 Å². The van der Waals surface area contributed by atoms with Crippen molar-refractivity contribution < 1.29 is 5.11 Å². The van der Waals surface area contributed by atoms with E-state index < -0.39 is 0 Å². The summed E-state index contributed by atoms with van der Waals surface area (Å²) < 4.78 is 0. The Bertz CT molecular complexity index is 446. The van der Waals surface area contributed by atoms with Crippen LogP contribution in [0.5, 0.6) is 0 Å². The topological polar surface area (TPSA) is 36.4 Å². The molecule has 2 heterocycles. The maximum Gasteiger partial charge on any atom is 0.0853 e. The minimum Gasteiger partial charge on any atom is -0.390 e. The van der Waals surface area contributed by atoms with E-state index in [4.69, 9.17) is 5.11 Å². The van der Waals surface area contributed by atoms with Gasteiger partial charge in [0, 0.05) is 25.0 Å². The molecule has 1 aromatic rings. The first-order valence-electron chi connectivity index (χ1n) is 6.51. The third-order valence-corrected chi connectivity index (χ3v) is 3.50. The van der Waals surface area contributed by atoms with Gasteiger partial charge in [-0.1, -0.05) is 32.4 Å². The lowest BCUT2D eigenvalue weighted by Gasteiger charge is -2.33. The molecule has 1 aromatic heterocycles. The van der Waals surface area contributed by atoms with Crippen LogP contribution in [0.15, 0.2) is 30.0 Å². The van der Waals surface area contributed by atoms with Crippen LogP contribution in [-0.2, 0) is 6.61 Å². The molecule has 0 saturated heterocycles. The Morgan fingerprint density at radius 1 is 1.39 bits per heavy atom. The molecule has 98 valence electrons. The van der Waals surface area contributed by atoms with Gasteiger partial charge in [0.1, 0.15) is 0 Å². The molecule has 1 aliphatic rings. The molecule has 0 spiro atoms. The van der Waals surface area contributed by atoms with E-state index in [0.29, 0.717) is 0 Å². The average molecular weight is 246 g/mol. The smallest absolute Gasteiger partial charge is 0.0853 e. The van der Waals surface area contributed by atoms with Gasteiger partial charge in [-0.05, 0) is 24.0 Å². The number of anilines is 1. The molecule has 0 aromatic carbocycles. The predicted octanol–water partition coefficient (Wildman–Crippen LogP) is 2.76. The molecule has 3 heteroatoms. The maximum absolute atomic E-state index is 9.12. The molecule has 0 unspecified atom stereocenters. The van der Waals surface area contributed by atoms with Crippen molar-refractivity contribution >= 4 is 5.69 Å². The number of hydrogen-bond acceptors (Lipinski definition) is 3. The van der Waals surface area contributed by atoms with Gasteiger partial charge in [-0.3, -0.25) is 4.98 Å². The lowest BCUT2D eigenvalue weighted by Crippen LogP contribution is -2.31. The zero-order valence-corrected chi connectivity index (χ0v) is 11.5. The van der Waals surface area contributed by atoms with E-state index in [1.165, 1.54) is 5.57 Å². The number of aliphatic hydroxyl groups excluding tert-OH is 1. The lowest BCUT2D eigenvalue weighted by atomic mass is 9.83. The molecule has 18 heavy (non-hydrogen) atoms. The monoisotopic (exact) mass is 246 g/mol. The van der Waals surface area contributed by atoms with Crippen LogP contribution in [0.25, 0.3) is 0 Å². The van der Waals surface area contributed by atoms with Crippen LogP contribution >= 0.6 is 0 Å². The van der Waals surface area contributed by atoms with E-state index in [1.807, 2.05) is 12.1 Å². The predicted molar refractivity (Wildman–Crippen MR) is 74.5 cm³/mol. The third kappa shape index (κ3) is 2.91. The molecule has 0 amide bonds. The summed E-state index contributed by atoms with van der Waals surface area (Å²) in [7, 11) is 0. The van der Waals surface area contributed by atoms with Gasteiger partial charge in [-0.25, -0.2) is 0 Å². The van der Waals surface area contributed by atoms with Crippen LogP contribution in [0, 0.1) is 5.41 Å². The van der Waals surface area contributed by atoms with Crippen molar-refractivity contribution in [2.75, 3.05) is 18.0 Å². The van der Waals surface area contributed by atoms with E-state index in [0.717, 1.165) is 30.9 Å². The quantitative estimate of drug-likeness (QED) is 0.815. The first kappa shape index (κ1) is 13.1. The van der Waals surface area contributed by atoms with Crippen molar-refractivity contribution in [3.05, 3.63) is 35.7 Å². The minimum absolute atomic E-state index is 0.00472. The normalized spacial score (nSPS) is 16.7. The summed E-state index contributed by atoms with van der Waals surface area (Å²) in [6.07, 6.45) is 5.21. The molecular formula is C15H22N2O. The Morgan fingerprint density at radius 3 is 2.72 bits per heavy atom. The molecule has 0 radical (unpaired) electrons. The Morgan fingerprint density at radius 2 is 2.17 bits per heavy atom. The second kappa shape index (κ2) is 5.11. The summed E-state index contributed by atoms with van der Waals surface area (Å²) in [5.74, 6) is 0. The summed E-state index contributed by atoms with van der Waals surface area (Å²) in [6, 6.07) is 3.98. The Kier molecular flexibility index (Phi) is 3.71. The fraction of sp³-hybridized carbons (Fsp3) is 0.533. The van der Waals surface area contributed by atoms with Crippen LogP contribution in [0.2, 0.25) is 0 Å². The van der Waals surface area contributed by atoms with Crippen LogP contribution in [0.3, 0.4) is 0 Å². The molecule has 0 atom stereocenters. The Labute approximate surface area is 109 Å². The average Bonchev–Trinajstić information content (AvgIpc) is 2.38. The molecule has 1 N–H and O–H groups in total. The van der Waals surface area contributed by atoms with E-state index >= 15 is 0 Å². The van der Waals surface area contributed by atoms with Gasteiger partial charge in [0.05, 0.1) is 12.3 Å². The molecule has 2 rings (SSSR count). The highest BCUT2D eigenvalue weighted by molar-refractivity contribution is 5.48. The Hall–Kier alpha value is -1.35. The van der Waals surface area contributed by atoms with Gasteiger partial charge in [-0.15, -0.1) is 0 Å². The highest BCUT2D eigenvalue weighted by Gasteiger charge is 2.21. The first-order chi connectivity index (χ1) is 8.50. The zero-order valence-electron chi connectivity index (χ0n) is 11.5. The number of rotatable bonds is 2. The van der Waals surface area contributed by atoms with Crippen LogP contribution < -0.4 is 4.90 Å². The summed E-state index contributed by atoms with van der Waals surface area (Å²) >= 11 is 0. The summed E-state index contributed by atoms with van der Waals surface area (Å²) in [6.45, 7) is 8.80. The van der Waals surface area contributed by atoms with Crippen molar-refractivity contribution in [2.24, 2.45) is 5.41 Å². The zero-order chi connectivity index (χ0) is 13.2. The Balaban J connectivity index is 2.11. The molecule has 3 nitrogen and oxygen atoms in total. The maximum atomic E-state index is 9.12. The summed E-state index contributed by atoms with van der Waals surface area (Å²) in [4.78, 5) is 6.44. The van der Waals surface area contributed by atoms with Gasteiger partial charge in [0.2, 0.25) is 0 Å². The fourth-order valence-electron chi connectivity index (χ4n) is 2.33. The number of nitrogens with zero attached hydrogens (tertiary/aromatic N) is 2. The van der Waals surface area contributed by atoms with Gasteiger partial charge >= 0.3 is 0 Å². The van der Waals surface area contributed by atoms with Gasteiger partial charge in [-0.2, -0.15) is 0 Å². The second-order valence-corrected chi connectivity index (χ2v) is 5.84. The molecular weight excluding hydrogens is 224 g/mol. The van der Waals surface area contributed by atoms with E-state index in [9.17, 15) is 0 Å². The number of pyridine rings is 1. The molecule has 0 saturated carbocycles. The van der Waals surface area contributed by atoms with Crippen LogP contribution in [-0.4, -0.2) is 23.2 Å². The molecule has 1 aliphatic heterocycles. The largest absolute Gasteiger partial charge is 0.390 e. The van der Waals surface area contributed by atoms with E-state index in [-0.39, 0.29) is 12.0 Å². The SMILES string of the molecule is CC(C)(C)C1=CCN(c2ccnc(CO)c2)CC1. The fourth-order valence-corrected chi connectivity index (χ4v) is 2.33. The standard InChI is InChI=1S/C15H22N2O/c1-15(2,3)12-5-8-17(9-6-12)14-4-7-16-13(10-14)11-18/h4-5,7,10,18H,6,8-9,11H2,1-3H3. The van der Waals surface area contributed by atoms with Crippen molar-refractivity contribution in [2.45, 2.75) is 33.8 Å². The van der Waals surface area contributed by atoms with E-state index in [2.05, 4.69) is 36.7 Å². The number of aliphatic hydroxyl groups is 1. The lowest BCUT2D eigenvalue weighted by molar-refractivity contribution is 0.277. The van der Waals surface area contributed by atoms with Gasteiger partial charge < -0.3 is 10.0 Å². The summed E-state index contributed by atoms with van der Waals surface area (Å²) in [5.41, 5.74) is 3.70. The number of hydrogen-bond donors (Lipinski definition) is 1. The highest BCUT2D eigenvalue weighted by Crippen LogP contribution is 2.31. The van der Waals surface area contributed by atoms with Crippen LogP contribution in [0.1, 0.15) is 32.9 Å². The molecule has 0 fully saturated rings. The second-order valence-electron chi connectivity index (χ2n) is 5.84. The van der Waals surface area contributed by atoms with Crippen molar-refractivity contribution in [1.29, 1.82) is 0 Å². The van der Waals surface area contributed by atoms with Crippen molar-refractivity contribution in [1.82, 2.24) is 4.98 Å². The van der Waals surface area contributed by atoms with Crippen LogP contribution in [0.4, 0.5) is 5.69 Å². The first-order valence-corrected chi connectivity index (χ1v) is 6.51. The van der Waals surface area contributed by atoms with Crippen molar-refractivity contribution in [3.63, 3.8) is 0 Å². The highest BCUT2D eigenvalue weighted by atomic mass is 16.3. The summed E-state index contributed by atoms with van der Waals surface area (Å²) in [5, 5.41) is 9.12. The van der Waals surface area contributed by atoms with Crippen molar-refractivity contribution in [3.8, 4) is 0 Å². The third-order valence-electron chi connectivity index (χ3n) is 3.50. The number of aromatic nitrogens is 1. The minimum atomic E-state index is 0.00472. The molecule has 0 bridgehead atoms.